The summed E-state index contributed by atoms with van der Waals surface area (Å²) >= 11 is 1.73. The monoisotopic (exact) mass is 394 g/mol. The van der Waals surface area contributed by atoms with E-state index < -0.39 is 0 Å². The third-order valence-corrected chi connectivity index (χ3v) is 8.11. The van der Waals surface area contributed by atoms with Gasteiger partial charge in [-0.15, -0.1) is 11.3 Å². The Kier molecular flexibility index (Phi) is 5.02. The fourth-order valence-corrected chi connectivity index (χ4v) is 6.35. The lowest BCUT2D eigenvalue weighted by atomic mass is 9.90. The van der Waals surface area contributed by atoms with E-state index in [2.05, 4.69) is 34.1 Å². The Bertz CT molecular complexity index is 881. The number of hydrogen-bond donors (Lipinski definition) is 0. The highest BCUT2D eigenvalue weighted by molar-refractivity contribution is 7.14. The van der Waals surface area contributed by atoms with Crippen molar-refractivity contribution >= 4 is 22.8 Å². The van der Waals surface area contributed by atoms with Crippen LogP contribution in [0.5, 0.6) is 0 Å². The van der Waals surface area contributed by atoms with Gasteiger partial charge in [0.2, 0.25) is 0 Å². The number of carbonyl (C=O) groups is 1. The number of anilines is 1. The molecule has 3 nitrogen and oxygen atoms in total. The van der Waals surface area contributed by atoms with Crippen molar-refractivity contribution in [2.24, 2.45) is 0 Å². The van der Waals surface area contributed by atoms with Crippen molar-refractivity contribution < 1.29 is 4.79 Å². The molecule has 1 aromatic heterocycles. The highest BCUT2D eigenvalue weighted by Crippen LogP contribution is 2.40. The SMILES string of the molecule is CC(=O)c1cc2c(s1)CCN(c1ccc3c(c1)CCCC3)C2CN1CCCC1. The Balaban J connectivity index is 1.51. The number of hydrogen-bond acceptors (Lipinski definition) is 4. The number of Topliss-reactive ketones (excluding diaryl/α,β-unsaturated/α-hetero) is 1. The average Bonchev–Trinajstić information content (AvgIpc) is 3.37. The molecule has 0 amide bonds. The van der Waals surface area contributed by atoms with E-state index >= 15 is 0 Å². The Labute approximate surface area is 172 Å². The molecule has 28 heavy (non-hydrogen) atoms. The molecule has 1 atom stereocenters. The minimum Gasteiger partial charge on any atom is -0.363 e. The maximum Gasteiger partial charge on any atom is 0.169 e. The third kappa shape index (κ3) is 3.42. The van der Waals surface area contributed by atoms with Gasteiger partial charge < -0.3 is 9.80 Å². The summed E-state index contributed by atoms with van der Waals surface area (Å²) in [7, 11) is 0. The summed E-state index contributed by atoms with van der Waals surface area (Å²) in [6.07, 6.45) is 8.82. The summed E-state index contributed by atoms with van der Waals surface area (Å²) in [6, 6.07) is 9.76. The first-order chi connectivity index (χ1) is 13.7. The van der Waals surface area contributed by atoms with Crippen molar-refractivity contribution in [2.75, 3.05) is 31.1 Å². The summed E-state index contributed by atoms with van der Waals surface area (Å²) in [5.41, 5.74) is 5.90. The zero-order chi connectivity index (χ0) is 19.1. The van der Waals surface area contributed by atoms with Crippen molar-refractivity contribution in [1.29, 1.82) is 0 Å². The first kappa shape index (κ1) is 18.4. The molecule has 1 aliphatic carbocycles. The molecule has 4 heteroatoms. The van der Waals surface area contributed by atoms with Crippen LogP contribution in [0.1, 0.15) is 69.9 Å². The van der Waals surface area contributed by atoms with Crippen molar-refractivity contribution in [3.63, 3.8) is 0 Å². The number of rotatable bonds is 4. The molecule has 1 unspecified atom stereocenters. The van der Waals surface area contributed by atoms with Crippen LogP contribution in [0.25, 0.3) is 0 Å². The number of likely N-dealkylation sites (tertiary alicyclic amines) is 1. The smallest absolute Gasteiger partial charge is 0.169 e. The Morgan fingerprint density at radius 3 is 2.57 bits per heavy atom. The molecule has 3 heterocycles. The number of fused-ring (bicyclic) bond motifs is 2. The second kappa shape index (κ2) is 7.64. The fraction of sp³-hybridized carbons (Fsp3) is 0.542. The van der Waals surface area contributed by atoms with Crippen LogP contribution in [0.3, 0.4) is 0 Å². The zero-order valence-electron chi connectivity index (χ0n) is 16.9. The second-order valence-corrected chi connectivity index (χ2v) is 9.81. The molecule has 1 saturated heterocycles. The molecule has 3 aliphatic rings. The van der Waals surface area contributed by atoms with Gasteiger partial charge in [0.05, 0.1) is 10.9 Å². The molecule has 0 bridgehead atoms. The maximum absolute atomic E-state index is 12.0. The lowest BCUT2D eigenvalue weighted by molar-refractivity contribution is 0.102. The van der Waals surface area contributed by atoms with Gasteiger partial charge >= 0.3 is 0 Å². The van der Waals surface area contributed by atoms with E-state index in [-0.39, 0.29) is 5.78 Å². The fourth-order valence-electron chi connectivity index (χ4n) is 5.25. The van der Waals surface area contributed by atoms with Gasteiger partial charge in [-0.2, -0.15) is 0 Å². The predicted molar refractivity (Wildman–Crippen MR) is 117 cm³/mol. The molecule has 1 fully saturated rings. The molecule has 148 valence electrons. The summed E-state index contributed by atoms with van der Waals surface area (Å²) in [5.74, 6) is 0.208. The van der Waals surface area contributed by atoms with Crippen LogP contribution in [0, 0.1) is 0 Å². The van der Waals surface area contributed by atoms with Crippen LogP contribution >= 0.6 is 11.3 Å². The average molecular weight is 395 g/mol. The number of aryl methyl sites for hydroxylation is 2. The van der Waals surface area contributed by atoms with Crippen molar-refractivity contribution in [2.45, 2.75) is 57.9 Å². The van der Waals surface area contributed by atoms with E-state index in [0.29, 0.717) is 6.04 Å². The largest absolute Gasteiger partial charge is 0.363 e. The predicted octanol–water partition coefficient (Wildman–Crippen LogP) is 5.03. The zero-order valence-corrected chi connectivity index (χ0v) is 17.7. The van der Waals surface area contributed by atoms with Gasteiger partial charge in [0, 0.05) is 23.7 Å². The Hall–Kier alpha value is -1.65. The van der Waals surface area contributed by atoms with E-state index in [9.17, 15) is 4.79 Å². The van der Waals surface area contributed by atoms with Crippen LogP contribution in [0.2, 0.25) is 0 Å². The molecule has 0 N–H and O–H groups in total. The lowest BCUT2D eigenvalue weighted by Crippen LogP contribution is -2.41. The van der Waals surface area contributed by atoms with E-state index in [4.69, 9.17) is 0 Å². The normalized spacial score (nSPS) is 22.2. The lowest BCUT2D eigenvalue weighted by Gasteiger charge is -2.40. The third-order valence-electron chi connectivity index (χ3n) is 6.80. The van der Waals surface area contributed by atoms with Crippen LogP contribution < -0.4 is 4.90 Å². The van der Waals surface area contributed by atoms with Gasteiger partial charge in [-0.3, -0.25) is 4.79 Å². The highest BCUT2D eigenvalue weighted by Gasteiger charge is 2.32. The number of benzene rings is 1. The van der Waals surface area contributed by atoms with Crippen LogP contribution in [0.15, 0.2) is 24.3 Å². The highest BCUT2D eigenvalue weighted by atomic mass is 32.1. The Morgan fingerprint density at radius 2 is 1.79 bits per heavy atom. The quantitative estimate of drug-likeness (QED) is 0.680. The van der Waals surface area contributed by atoms with E-state index in [0.717, 1.165) is 24.4 Å². The van der Waals surface area contributed by atoms with Crippen molar-refractivity contribution in [3.05, 3.63) is 50.7 Å². The van der Waals surface area contributed by atoms with Gasteiger partial charge in [0.25, 0.3) is 0 Å². The number of thiophene rings is 1. The van der Waals surface area contributed by atoms with Crippen LogP contribution in [-0.4, -0.2) is 36.9 Å². The summed E-state index contributed by atoms with van der Waals surface area (Å²) in [5, 5.41) is 0. The molecule has 2 aliphatic heterocycles. The molecular weight excluding hydrogens is 364 g/mol. The molecular formula is C24H30N2OS. The summed E-state index contributed by atoms with van der Waals surface area (Å²) in [4.78, 5) is 19.6. The Morgan fingerprint density at radius 1 is 1.00 bits per heavy atom. The first-order valence-electron chi connectivity index (χ1n) is 10.9. The van der Waals surface area contributed by atoms with E-state index in [1.807, 2.05) is 0 Å². The standard InChI is InChI=1S/C24H30N2OS/c1-17(27)24-15-21-22(16-25-11-4-5-12-25)26(13-10-23(21)28-24)20-9-8-18-6-2-3-7-19(18)14-20/h8-9,14-15,22H,2-7,10-13,16H2,1H3. The van der Waals surface area contributed by atoms with Crippen LogP contribution in [0.4, 0.5) is 5.69 Å². The minimum absolute atomic E-state index is 0.208. The van der Waals surface area contributed by atoms with Crippen LogP contribution in [-0.2, 0) is 19.3 Å². The molecule has 5 rings (SSSR count). The number of ketones is 1. The van der Waals surface area contributed by atoms with Crippen molar-refractivity contribution in [3.8, 4) is 0 Å². The van der Waals surface area contributed by atoms with Crippen molar-refractivity contribution in [1.82, 2.24) is 4.90 Å². The maximum atomic E-state index is 12.0. The second-order valence-electron chi connectivity index (χ2n) is 8.67. The summed E-state index contributed by atoms with van der Waals surface area (Å²) < 4.78 is 0. The molecule has 2 aromatic rings. The van der Waals surface area contributed by atoms with Gasteiger partial charge in [0.1, 0.15) is 0 Å². The molecule has 1 aromatic carbocycles. The minimum atomic E-state index is 0.208. The topological polar surface area (TPSA) is 23.6 Å². The van der Waals surface area contributed by atoms with Gasteiger partial charge in [0.15, 0.2) is 5.78 Å². The van der Waals surface area contributed by atoms with E-state index in [1.54, 1.807) is 29.4 Å². The number of carbonyl (C=O) groups excluding carboxylic acids is 1. The van der Waals surface area contributed by atoms with E-state index in [1.165, 1.54) is 67.7 Å². The number of nitrogens with zero attached hydrogens (tertiary/aromatic N) is 2. The molecule has 0 spiro atoms. The van der Waals surface area contributed by atoms with Gasteiger partial charge in [-0.25, -0.2) is 0 Å². The van der Waals surface area contributed by atoms with Gasteiger partial charge in [-0.05, 0) is 99.8 Å². The summed E-state index contributed by atoms with van der Waals surface area (Å²) in [6.45, 7) is 6.27. The molecule has 0 radical (unpaired) electrons. The first-order valence-corrected chi connectivity index (χ1v) is 11.7. The van der Waals surface area contributed by atoms with Gasteiger partial charge in [-0.1, -0.05) is 6.07 Å². The molecule has 0 saturated carbocycles.